The van der Waals surface area contributed by atoms with Gasteiger partial charge in [-0.3, -0.25) is 9.69 Å². The van der Waals surface area contributed by atoms with Crippen LogP contribution in [0.5, 0.6) is 0 Å². The molecule has 6 nitrogen and oxygen atoms in total. The number of aromatic nitrogens is 1. The van der Waals surface area contributed by atoms with E-state index in [2.05, 4.69) is 27.1 Å². The summed E-state index contributed by atoms with van der Waals surface area (Å²) in [6.07, 6.45) is 11.2. The zero-order chi connectivity index (χ0) is 24.5. The van der Waals surface area contributed by atoms with Crippen molar-refractivity contribution >= 4 is 18.2 Å². The number of hydrogen-bond donors (Lipinski definition) is 1. The van der Waals surface area contributed by atoms with Gasteiger partial charge in [0.25, 0.3) is 5.91 Å². The summed E-state index contributed by atoms with van der Waals surface area (Å²) in [6, 6.07) is 5.23. The minimum absolute atomic E-state index is 0.0240. The van der Waals surface area contributed by atoms with Crippen LogP contribution in [0.4, 0.5) is 4.39 Å². The Morgan fingerprint density at radius 2 is 1.91 bits per heavy atom. The Balaban J connectivity index is 1.49. The number of hydrogen-bond acceptors (Lipinski definition) is 4. The van der Waals surface area contributed by atoms with Crippen LogP contribution in [0.15, 0.2) is 24.4 Å². The van der Waals surface area contributed by atoms with Gasteiger partial charge in [-0.15, -0.1) is 0 Å². The summed E-state index contributed by atoms with van der Waals surface area (Å²) in [5.74, 6) is -0.0779. The zero-order valence-electron chi connectivity index (χ0n) is 21.1. The number of carbonyl (C=O) groups excluding carboxylic acids is 1. The Hall–Kier alpha value is -2.64. The lowest BCUT2D eigenvalue weighted by Gasteiger charge is -2.38. The molecular weight excluding hydrogens is 443 g/mol. The van der Waals surface area contributed by atoms with Crippen molar-refractivity contribution in [3.05, 3.63) is 51.9 Å². The summed E-state index contributed by atoms with van der Waals surface area (Å²) in [7, 11) is 1.77. The average Bonchev–Trinajstić information content (AvgIpc) is 3.28. The molecule has 188 valence electrons. The summed E-state index contributed by atoms with van der Waals surface area (Å²) < 4.78 is 21.9. The van der Waals surface area contributed by atoms with E-state index in [0.717, 1.165) is 56.7 Å². The van der Waals surface area contributed by atoms with E-state index in [-0.39, 0.29) is 11.9 Å². The number of carbonyl (C=O) groups is 1. The lowest BCUT2D eigenvalue weighted by atomic mass is 9.81. The van der Waals surface area contributed by atoms with Gasteiger partial charge < -0.3 is 19.5 Å². The lowest BCUT2D eigenvalue weighted by molar-refractivity contribution is 0.00728. The Morgan fingerprint density at radius 3 is 2.63 bits per heavy atom. The van der Waals surface area contributed by atoms with Gasteiger partial charge >= 0.3 is 0 Å². The Labute approximate surface area is 207 Å². The molecule has 0 radical (unpaired) electrons. The highest BCUT2D eigenvalue weighted by atomic mass is 19.1. The fourth-order valence-corrected chi connectivity index (χ4v) is 5.78. The van der Waals surface area contributed by atoms with E-state index in [4.69, 9.17) is 4.74 Å². The highest BCUT2D eigenvalue weighted by Crippen LogP contribution is 2.34. The summed E-state index contributed by atoms with van der Waals surface area (Å²) >= 11 is 0. The second-order valence-electron chi connectivity index (χ2n) is 10.3. The number of rotatable bonds is 5. The second-order valence-corrected chi connectivity index (χ2v) is 10.3. The van der Waals surface area contributed by atoms with Gasteiger partial charge in [-0.1, -0.05) is 6.08 Å². The molecule has 1 saturated heterocycles. The van der Waals surface area contributed by atoms with Gasteiger partial charge in [0.15, 0.2) is 0 Å². The van der Waals surface area contributed by atoms with E-state index in [9.17, 15) is 9.18 Å². The molecule has 3 aliphatic rings. The third kappa shape index (κ3) is 4.76. The normalized spacial score (nSPS) is 22.7. The molecule has 1 aromatic carbocycles. The molecule has 5 rings (SSSR count). The molecular formula is C28H37FN4O2. The number of halogens is 1. The van der Waals surface area contributed by atoms with Gasteiger partial charge in [0.1, 0.15) is 5.82 Å². The summed E-state index contributed by atoms with van der Waals surface area (Å²) in [6.45, 7) is 8.50. The average molecular weight is 481 g/mol. The Morgan fingerprint density at radius 1 is 1.17 bits per heavy atom. The van der Waals surface area contributed by atoms with Crippen molar-refractivity contribution in [2.75, 3.05) is 39.9 Å². The van der Waals surface area contributed by atoms with Crippen LogP contribution in [0.25, 0.3) is 18.0 Å². The predicted octanol–water partition coefficient (Wildman–Crippen LogP) is 2.58. The third-order valence-electron chi connectivity index (χ3n) is 8.02. The first kappa shape index (κ1) is 24.1. The Bertz CT molecular complexity index is 1190. The maximum Gasteiger partial charge on any atom is 0.256 e. The lowest BCUT2D eigenvalue weighted by Crippen LogP contribution is -2.45. The molecule has 1 aliphatic carbocycles. The van der Waals surface area contributed by atoms with Crippen LogP contribution in [0.2, 0.25) is 0 Å². The monoisotopic (exact) mass is 480 g/mol. The van der Waals surface area contributed by atoms with Crippen LogP contribution in [-0.4, -0.2) is 72.3 Å². The Kier molecular flexibility index (Phi) is 6.98. The number of nitrogens with one attached hydrogen (secondary N) is 1. The topological polar surface area (TPSA) is 49.7 Å². The molecule has 35 heavy (non-hydrogen) atoms. The standard InChI is InChI=1S/C28H37FN4O2/c1-19(2)31(3)28(34)24-16-21(29)6-9-26(24)33-18-25(23-10-11-30-17-27(23)33)20-4-7-22(8-5-20)32-12-14-35-15-13-32/h6,9-10,16-20,22,30H,4-5,7-8,11-15H2,1-3H3. The second kappa shape index (κ2) is 10.2. The maximum atomic E-state index is 14.3. The van der Waals surface area contributed by atoms with Crippen molar-refractivity contribution in [3.63, 3.8) is 0 Å². The van der Waals surface area contributed by atoms with E-state index < -0.39 is 5.82 Å². The first-order chi connectivity index (χ1) is 16.9. The molecule has 0 unspecified atom stereocenters. The highest BCUT2D eigenvalue weighted by Gasteiger charge is 2.29. The molecule has 0 bridgehead atoms. The number of fused-ring (bicyclic) bond motifs is 1. The number of ether oxygens (including phenoxy) is 1. The number of amides is 1. The van der Waals surface area contributed by atoms with E-state index in [1.54, 1.807) is 18.0 Å². The number of morpholine rings is 1. The van der Waals surface area contributed by atoms with Gasteiger partial charge in [-0.2, -0.15) is 0 Å². The molecule has 0 spiro atoms. The fraction of sp³-hybridized carbons (Fsp3) is 0.536. The molecule has 1 saturated carbocycles. The van der Waals surface area contributed by atoms with Gasteiger partial charge in [0, 0.05) is 56.4 Å². The molecule has 2 aliphatic heterocycles. The molecule has 1 aromatic heterocycles. The highest BCUT2D eigenvalue weighted by molar-refractivity contribution is 5.98. The van der Waals surface area contributed by atoms with Crippen LogP contribution in [0.1, 0.15) is 61.4 Å². The molecule has 7 heteroatoms. The minimum Gasteiger partial charge on any atom is -0.386 e. The number of benzene rings is 1. The largest absolute Gasteiger partial charge is 0.386 e. The van der Waals surface area contributed by atoms with E-state index in [1.807, 2.05) is 20.0 Å². The third-order valence-corrected chi connectivity index (χ3v) is 8.02. The van der Waals surface area contributed by atoms with E-state index >= 15 is 0 Å². The van der Waals surface area contributed by atoms with Crippen LogP contribution < -0.4 is 15.9 Å². The van der Waals surface area contributed by atoms with E-state index in [1.165, 1.54) is 35.8 Å². The maximum absolute atomic E-state index is 14.3. The molecule has 1 amide bonds. The predicted molar refractivity (Wildman–Crippen MR) is 137 cm³/mol. The fourth-order valence-electron chi connectivity index (χ4n) is 5.78. The smallest absolute Gasteiger partial charge is 0.256 e. The van der Waals surface area contributed by atoms with Crippen molar-refractivity contribution in [2.45, 2.75) is 57.5 Å². The van der Waals surface area contributed by atoms with Crippen molar-refractivity contribution in [1.82, 2.24) is 19.7 Å². The summed E-state index contributed by atoms with van der Waals surface area (Å²) in [5.41, 5.74) is 2.46. The van der Waals surface area contributed by atoms with Crippen molar-refractivity contribution in [2.24, 2.45) is 0 Å². The van der Waals surface area contributed by atoms with Gasteiger partial charge in [0.05, 0.1) is 29.8 Å². The van der Waals surface area contributed by atoms with Gasteiger partial charge in [0.2, 0.25) is 0 Å². The van der Waals surface area contributed by atoms with Crippen LogP contribution in [-0.2, 0) is 4.74 Å². The molecule has 0 atom stereocenters. The van der Waals surface area contributed by atoms with Crippen molar-refractivity contribution in [3.8, 4) is 5.69 Å². The van der Waals surface area contributed by atoms with Crippen LogP contribution in [0.3, 0.4) is 0 Å². The van der Waals surface area contributed by atoms with Gasteiger partial charge in [-0.25, -0.2) is 4.39 Å². The SMILES string of the molecule is CC(C)N(C)C(=O)c1cc(F)ccc1-n1cc(C2CCC(N3CCOCC3)CC2)c2c1=CNCC=2. The molecule has 3 heterocycles. The summed E-state index contributed by atoms with van der Waals surface area (Å²) in [5, 5.41) is 5.61. The molecule has 2 aromatic rings. The van der Waals surface area contributed by atoms with Gasteiger partial charge in [-0.05, 0) is 69.2 Å². The first-order valence-corrected chi connectivity index (χ1v) is 13.0. The van der Waals surface area contributed by atoms with Crippen molar-refractivity contribution < 1.29 is 13.9 Å². The molecule has 1 N–H and O–H groups in total. The van der Waals surface area contributed by atoms with Crippen LogP contribution in [0, 0.1) is 5.82 Å². The summed E-state index contributed by atoms with van der Waals surface area (Å²) in [4.78, 5) is 17.6. The number of nitrogens with zero attached hydrogens (tertiary/aromatic N) is 3. The van der Waals surface area contributed by atoms with Crippen LogP contribution >= 0.6 is 0 Å². The van der Waals surface area contributed by atoms with Crippen molar-refractivity contribution in [1.29, 1.82) is 0 Å². The minimum atomic E-state index is -0.398. The molecule has 2 fully saturated rings. The quantitative estimate of drug-likeness (QED) is 0.715. The first-order valence-electron chi connectivity index (χ1n) is 13.0. The van der Waals surface area contributed by atoms with E-state index in [0.29, 0.717) is 17.5 Å². The zero-order valence-corrected chi connectivity index (χ0v) is 21.1.